The van der Waals surface area contributed by atoms with Gasteiger partial charge in [-0.3, -0.25) is 4.79 Å². The molecule has 176 valence electrons. The molecule has 1 aliphatic heterocycles. The molecule has 1 N–H and O–H groups in total. The molecule has 0 spiro atoms. The molecule has 1 amide bonds. The normalized spacial score (nSPS) is 16.1. The van der Waals surface area contributed by atoms with E-state index in [4.69, 9.17) is 11.6 Å². The number of hydrogen-bond acceptors (Lipinski definition) is 8. The van der Waals surface area contributed by atoms with Gasteiger partial charge in [0.15, 0.2) is 9.84 Å². The first-order valence-corrected chi connectivity index (χ1v) is 14.2. The second kappa shape index (κ2) is 9.01. The molecular weight excluding hydrogens is 514 g/mol. The van der Waals surface area contributed by atoms with Crippen molar-refractivity contribution in [3.63, 3.8) is 0 Å². The molecular formula is C23H20ClN3O4S3. The van der Waals surface area contributed by atoms with Crippen LogP contribution in [0, 0.1) is 0 Å². The Morgan fingerprint density at radius 1 is 1.15 bits per heavy atom. The molecule has 5 rings (SSSR count). The lowest BCUT2D eigenvalue weighted by atomic mass is 9.89. The Bertz CT molecular complexity index is 1460. The zero-order chi connectivity index (χ0) is 23.9. The summed E-state index contributed by atoms with van der Waals surface area (Å²) < 4.78 is 30.9. The minimum absolute atomic E-state index is 0.154. The second-order valence-corrected chi connectivity index (χ2v) is 12.3. The van der Waals surface area contributed by atoms with Gasteiger partial charge >= 0.3 is 0 Å². The van der Waals surface area contributed by atoms with Gasteiger partial charge in [0.25, 0.3) is 5.91 Å². The number of aromatic nitrogens is 2. The summed E-state index contributed by atoms with van der Waals surface area (Å²) in [5.41, 5.74) is 2.12. The van der Waals surface area contributed by atoms with E-state index in [1.165, 1.54) is 29.1 Å². The summed E-state index contributed by atoms with van der Waals surface area (Å²) in [5.74, 6) is -0.330. The maximum atomic E-state index is 13.0. The largest absolute Gasteiger partial charge is 0.384 e. The Morgan fingerprint density at radius 3 is 2.56 bits per heavy atom. The van der Waals surface area contributed by atoms with Crippen LogP contribution in [-0.2, 0) is 21.2 Å². The number of aliphatic hydroxyl groups is 1. The molecule has 0 aliphatic carbocycles. The van der Waals surface area contributed by atoms with Gasteiger partial charge in [0.2, 0.25) is 0 Å². The van der Waals surface area contributed by atoms with Gasteiger partial charge in [0.1, 0.15) is 5.60 Å². The molecule has 4 aromatic rings. The van der Waals surface area contributed by atoms with Crippen molar-refractivity contribution in [2.75, 3.05) is 13.1 Å². The monoisotopic (exact) mass is 533 g/mol. The van der Waals surface area contributed by atoms with Crippen LogP contribution in [0.1, 0.15) is 33.6 Å². The number of nitrogens with zero attached hydrogens (tertiary/aromatic N) is 3. The van der Waals surface area contributed by atoms with Crippen molar-refractivity contribution in [3.05, 3.63) is 75.2 Å². The van der Waals surface area contributed by atoms with Gasteiger partial charge < -0.3 is 10.0 Å². The van der Waals surface area contributed by atoms with Crippen molar-refractivity contribution in [1.29, 1.82) is 0 Å². The summed E-state index contributed by atoms with van der Waals surface area (Å²) in [5, 5.41) is 11.4. The number of piperidine rings is 1. The summed E-state index contributed by atoms with van der Waals surface area (Å²) in [7, 11) is -3.60. The number of halogens is 1. The minimum atomic E-state index is -3.60. The lowest BCUT2D eigenvalue weighted by Gasteiger charge is -2.37. The van der Waals surface area contributed by atoms with Crippen LogP contribution in [0.5, 0.6) is 0 Å². The molecule has 0 atom stereocenters. The fraction of sp³-hybridized carbons (Fsp3) is 0.261. The number of sulfone groups is 1. The summed E-state index contributed by atoms with van der Waals surface area (Å²) in [6.45, 7) is 0.772. The van der Waals surface area contributed by atoms with Crippen LogP contribution >= 0.6 is 34.5 Å². The highest BCUT2D eigenvalue weighted by Crippen LogP contribution is 2.39. The molecule has 1 fully saturated rings. The SMILES string of the molecule is O=C(c1ccc(CS(=O)(=O)c2cccc3scnc23)cc1)N1CCC(O)(c2sncc2Cl)CC1. The Kier molecular flexibility index (Phi) is 6.19. The zero-order valence-corrected chi connectivity index (χ0v) is 21.1. The first kappa shape index (κ1) is 23.4. The van der Waals surface area contributed by atoms with E-state index in [1.807, 2.05) is 6.07 Å². The molecule has 0 saturated carbocycles. The highest BCUT2D eigenvalue weighted by atomic mass is 35.5. The van der Waals surface area contributed by atoms with E-state index in [-0.39, 0.29) is 16.6 Å². The maximum absolute atomic E-state index is 13.0. The van der Waals surface area contributed by atoms with Crippen molar-refractivity contribution < 1.29 is 18.3 Å². The molecule has 2 aromatic heterocycles. The molecule has 1 saturated heterocycles. The number of fused-ring (bicyclic) bond motifs is 1. The summed E-state index contributed by atoms with van der Waals surface area (Å²) in [4.78, 5) is 19.7. The predicted molar refractivity (Wildman–Crippen MR) is 133 cm³/mol. The molecule has 3 heterocycles. The average molecular weight is 534 g/mol. The van der Waals surface area contributed by atoms with Crippen LogP contribution < -0.4 is 0 Å². The second-order valence-electron chi connectivity index (χ2n) is 8.24. The predicted octanol–water partition coefficient (Wildman–Crippen LogP) is 4.50. The van der Waals surface area contributed by atoms with Crippen molar-refractivity contribution in [2.45, 2.75) is 29.1 Å². The Hall–Kier alpha value is -2.37. The number of amides is 1. The standard InChI is InChI=1S/C23H20ClN3O4S3/c24-17-12-26-33-21(17)23(29)8-10-27(11-9-23)22(28)16-6-4-15(5-7-16)13-34(30,31)19-3-1-2-18-20(19)25-14-32-18/h1-7,12,14,29H,8-11,13H2. The van der Waals surface area contributed by atoms with Gasteiger partial charge in [-0.1, -0.05) is 29.8 Å². The summed E-state index contributed by atoms with van der Waals surface area (Å²) in [6, 6.07) is 11.8. The van der Waals surface area contributed by atoms with E-state index in [1.54, 1.807) is 46.8 Å². The quantitative estimate of drug-likeness (QED) is 0.405. The van der Waals surface area contributed by atoms with E-state index >= 15 is 0 Å². The Morgan fingerprint density at radius 2 is 1.88 bits per heavy atom. The molecule has 1 aliphatic rings. The molecule has 34 heavy (non-hydrogen) atoms. The number of benzene rings is 2. The highest BCUT2D eigenvalue weighted by Gasteiger charge is 2.38. The van der Waals surface area contributed by atoms with E-state index in [0.717, 1.165) is 4.70 Å². The topological polar surface area (TPSA) is 100 Å². The molecule has 2 aromatic carbocycles. The van der Waals surface area contributed by atoms with Crippen LogP contribution in [0.3, 0.4) is 0 Å². The van der Waals surface area contributed by atoms with Gasteiger partial charge in [0, 0.05) is 18.7 Å². The molecule has 7 nitrogen and oxygen atoms in total. The summed E-state index contributed by atoms with van der Waals surface area (Å²) >= 11 is 8.72. The van der Waals surface area contributed by atoms with Crippen molar-refractivity contribution in [1.82, 2.24) is 14.3 Å². The van der Waals surface area contributed by atoms with Gasteiger partial charge in [0.05, 0.1) is 42.5 Å². The highest BCUT2D eigenvalue weighted by molar-refractivity contribution is 7.90. The van der Waals surface area contributed by atoms with E-state index in [0.29, 0.717) is 52.5 Å². The fourth-order valence-electron chi connectivity index (χ4n) is 4.18. The third kappa shape index (κ3) is 4.36. The summed E-state index contributed by atoms with van der Waals surface area (Å²) in [6.07, 6.45) is 2.27. The van der Waals surface area contributed by atoms with Gasteiger partial charge in [-0.25, -0.2) is 13.4 Å². The molecule has 11 heteroatoms. The smallest absolute Gasteiger partial charge is 0.253 e. The van der Waals surface area contributed by atoms with Crippen molar-refractivity contribution >= 4 is 60.4 Å². The van der Waals surface area contributed by atoms with E-state index in [9.17, 15) is 18.3 Å². The minimum Gasteiger partial charge on any atom is -0.384 e. The number of carbonyl (C=O) groups excluding carboxylic acids is 1. The molecule has 0 bridgehead atoms. The zero-order valence-electron chi connectivity index (χ0n) is 17.8. The average Bonchev–Trinajstić information content (AvgIpc) is 3.48. The van der Waals surface area contributed by atoms with Gasteiger partial charge in [-0.05, 0) is 54.2 Å². The van der Waals surface area contributed by atoms with Gasteiger partial charge in [-0.2, -0.15) is 4.37 Å². The maximum Gasteiger partial charge on any atom is 0.253 e. The number of likely N-dealkylation sites (tertiary alicyclic amines) is 1. The van der Waals surface area contributed by atoms with Crippen LogP contribution in [0.2, 0.25) is 5.02 Å². The molecule has 0 radical (unpaired) electrons. The van der Waals surface area contributed by atoms with E-state index in [2.05, 4.69) is 9.36 Å². The number of para-hydroxylation sites is 1. The van der Waals surface area contributed by atoms with Crippen LogP contribution in [0.25, 0.3) is 10.2 Å². The van der Waals surface area contributed by atoms with Crippen LogP contribution in [-0.4, -0.2) is 46.8 Å². The third-order valence-electron chi connectivity index (χ3n) is 6.04. The first-order valence-electron chi connectivity index (χ1n) is 10.5. The number of thiazole rings is 1. The lowest BCUT2D eigenvalue weighted by Crippen LogP contribution is -2.45. The van der Waals surface area contributed by atoms with Crippen molar-refractivity contribution in [2.24, 2.45) is 0 Å². The van der Waals surface area contributed by atoms with Crippen molar-refractivity contribution in [3.8, 4) is 0 Å². The van der Waals surface area contributed by atoms with Crippen LogP contribution in [0.4, 0.5) is 0 Å². The fourth-order valence-corrected chi connectivity index (χ4v) is 7.64. The Balaban J connectivity index is 1.27. The first-order chi connectivity index (χ1) is 16.3. The van der Waals surface area contributed by atoms with E-state index < -0.39 is 15.4 Å². The number of rotatable bonds is 5. The van der Waals surface area contributed by atoms with Gasteiger partial charge in [-0.15, -0.1) is 11.3 Å². The number of hydrogen-bond donors (Lipinski definition) is 1. The third-order valence-corrected chi connectivity index (χ3v) is 9.94. The number of carbonyl (C=O) groups is 1. The lowest BCUT2D eigenvalue weighted by molar-refractivity contribution is -0.0182. The van der Waals surface area contributed by atoms with Crippen LogP contribution in [0.15, 0.2) is 59.1 Å². The molecule has 0 unspecified atom stereocenters. The Labute approximate surface area is 209 Å².